The largest absolute Gasteiger partial charge is 0.444 e. The molecule has 0 radical (unpaired) electrons. The molecule has 3 N–H and O–H groups in total. The predicted molar refractivity (Wildman–Crippen MR) is 154 cm³/mol. The molecule has 2 amide bonds. The summed E-state index contributed by atoms with van der Waals surface area (Å²) < 4.78 is 24.1. The molecule has 1 saturated heterocycles. The molecule has 0 saturated carbocycles. The number of piperidine rings is 1. The van der Waals surface area contributed by atoms with Crippen molar-refractivity contribution >= 4 is 50.0 Å². The highest BCUT2D eigenvalue weighted by Crippen LogP contribution is 2.32. The lowest BCUT2D eigenvalue weighted by Gasteiger charge is -2.34. The first-order chi connectivity index (χ1) is 18.8. The van der Waals surface area contributed by atoms with Crippen LogP contribution in [0.4, 0.5) is 14.9 Å². The first-order valence-corrected chi connectivity index (χ1v) is 14.0. The summed E-state index contributed by atoms with van der Waals surface area (Å²) >= 11 is 3.29. The number of nitrogens with one attached hydrogen (secondary N) is 1. The van der Waals surface area contributed by atoms with Crippen molar-refractivity contribution < 1.29 is 18.7 Å². The van der Waals surface area contributed by atoms with Crippen LogP contribution in [-0.4, -0.2) is 55.9 Å². The van der Waals surface area contributed by atoms with Crippen LogP contribution >= 0.6 is 15.9 Å². The lowest BCUT2D eigenvalue weighted by molar-refractivity contribution is 0.0497. The Morgan fingerprint density at radius 3 is 2.52 bits per heavy atom. The van der Waals surface area contributed by atoms with Gasteiger partial charge in [0.2, 0.25) is 0 Å². The van der Waals surface area contributed by atoms with Crippen LogP contribution in [-0.2, 0) is 11.3 Å². The summed E-state index contributed by atoms with van der Waals surface area (Å²) in [5, 5.41) is 8.50. The molecule has 0 atom stereocenters. The standard InChI is InChI=1S/C28H33BrFN7O3/c1-15-22(37-13-20(29)23(30)25(37)16(2)32-15)14-36-12-19-21(7-6-18(26(31)38)24(19)34-36)35-10-8-17(9-11-35)33-27(39)40-28(3,4)5/h6-7,12-13,17H,8-11,14H2,1-5H3,(H2,31,38)(H,33,39). The average molecular weight is 615 g/mol. The Morgan fingerprint density at radius 2 is 1.88 bits per heavy atom. The minimum absolute atomic E-state index is 0.00918. The van der Waals surface area contributed by atoms with Crippen LogP contribution in [0, 0.1) is 19.7 Å². The number of rotatable bonds is 5. The Bertz CT molecular complexity index is 1630. The second-order valence-electron chi connectivity index (χ2n) is 11.2. The van der Waals surface area contributed by atoms with E-state index in [4.69, 9.17) is 15.6 Å². The molecule has 5 rings (SSSR count). The topological polar surface area (TPSA) is 120 Å². The smallest absolute Gasteiger partial charge is 0.407 e. The monoisotopic (exact) mass is 613 g/mol. The molecule has 0 spiro atoms. The van der Waals surface area contributed by atoms with E-state index in [1.807, 2.05) is 40.0 Å². The molecule has 0 aliphatic carbocycles. The molecular formula is C28H33BrFN7O3. The number of nitrogens with two attached hydrogens (primary N) is 1. The number of halogens is 2. The lowest BCUT2D eigenvalue weighted by Crippen LogP contribution is -2.46. The fraction of sp³-hybridized carbons (Fsp3) is 0.429. The number of alkyl carbamates (subject to hydrolysis) is 1. The molecule has 10 nitrogen and oxygen atoms in total. The van der Waals surface area contributed by atoms with Gasteiger partial charge in [0.25, 0.3) is 5.91 Å². The molecule has 0 unspecified atom stereocenters. The number of hydrogen-bond acceptors (Lipinski definition) is 6. The number of fused-ring (bicyclic) bond motifs is 2. The fourth-order valence-electron chi connectivity index (χ4n) is 5.32. The van der Waals surface area contributed by atoms with Crippen molar-refractivity contribution in [2.45, 2.75) is 65.6 Å². The number of aromatic nitrogens is 4. The molecule has 1 aliphatic rings. The Balaban J connectivity index is 1.44. The summed E-state index contributed by atoms with van der Waals surface area (Å²) in [7, 11) is 0. The summed E-state index contributed by atoms with van der Waals surface area (Å²) in [6, 6.07) is 3.61. The van der Waals surface area contributed by atoms with E-state index in [2.05, 4.69) is 31.1 Å². The van der Waals surface area contributed by atoms with Crippen molar-refractivity contribution in [2.24, 2.45) is 5.73 Å². The van der Waals surface area contributed by atoms with E-state index in [-0.39, 0.29) is 11.9 Å². The highest BCUT2D eigenvalue weighted by atomic mass is 79.9. The number of carbonyl (C=O) groups excluding carboxylic acids is 2. The van der Waals surface area contributed by atoms with Crippen molar-refractivity contribution in [2.75, 3.05) is 18.0 Å². The molecule has 12 heteroatoms. The number of amides is 2. The van der Waals surface area contributed by atoms with Crippen molar-refractivity contribution in [1.82, 2.24) is 24.5 Å². The van der Waals surface area contributed by atoms with Crippen molar-refractivity contribution in [3.8, 4) is 0 Å². The number of nitrogens with zero attached hydrogens (tertiary/aromatic N) is 5. The zero-order valence-corrected chi connectivity index (χ0v) is 24.8. The fourth-order valence-corrected chi connectivity index (χ4v) is 5.71. The number of hydrogen-bond donors (Lipinski definition) is 2. The zero-order chi connectivity index (χ0) is 28.9. The highest BCUT2D eigenvalue weighted by Gasteiger charge is 2.26. The Morgan fingerprint density at radius 1 is 1.18 bits per heavy atom. The summed E-state index contributed by atoms with van der Waals surface area (Å²) in [6.07, 6.45) is 4.66. The number of anilines is 1. The number of ether oxygens (including phenoxy) is 1. The van der Waals surface area contributed by atoms with Crippen LogP contribution < -0.4 is 16.0 Å². The van der Waals surface area contributed by atoms with Gasteiger partial charge in [-0.05, 0) is 75.5 Å². The van der Waals surface area contributed by atoms with Crippen LogP contribution in [0.2, 0.25) is 0 Å². The molecule has 212 valence electrons. The van der Waals surface area contributed by atoms with Gasteiger partial charge in [-0.15, -0.1) is 0 Å². The molecule has 1 aliphatic heterocycles. The van der Waals surface area contributed by atoms with E-state index < -0.39 is 17.6 Å². The van der Waals surface area contributed by atoms with Crippen molar-refractivity contribution in [3.05, 3.63) is 57.5 Å². The van der Waals surface area contributed by atoms with Gasteiger partial charge in [0.1, 0.15) is 16.6 Å². The summed E-state index contributed by atoms with van der Waals surface area (Å²) in [5.74, 6) is -0.922. The Labute approximate surface area is 239 Å². The van der Waals surface area contributed by atoms with Crippen LogP contribution in [0.15, 0.2) is 29.0 Å². The zero-order valence-electron chi connectivity index (χ0n) is 23.2. The summed E-state index contributed by atoms with van der Waals surface area (Å²) in [6.45, 7) is 10.9. The quantitative estimate of drug-likeness (QED) is 0.332. The minimum atomic E-state index is -0.561. The molecular weight excluding hydrogens is 581 g/mol. The molecule has 3 aromatic heterocycles. The van der Waals surface area contributed by atoms with Crippen molar-refractivity contribution in [1.29, 1.82) is 0 Å². The molecule has 1 aromatic carbocycles. The van der Waals surface area contributed by atoms with Gasteiger partial charge in [0.05, 0.1) is 33.7 Å². The summed E-state index contributed by atoms with van der Waals surface area (Å²) in [4.78, 5) is 31.3. The van der Waals surface area contributed by atoms with Crippen molar-refractivity contribution in [3.63, 3.8) is 0 Å². The third-order valence-electron chi connectivity index (χ3n) is 7.12. The third-order valence-corrected chi connectivity index (χ3v) is 7.67. The highest BCUT2D eigenvalue weighted by molar-refractivity contribution is 9.10. The minimum Gasteiger partial charge on any atom is -0.444 e. The maximum atomic E-state index is 14.8. The van der Waals surface area contributed by atoms with Crippen LogP contribution in [0.25, 0.3) is 16.4 Å². The van der Waals surface area contributed by atoms with Gasteiger partial charge in [0.15, 0.2) is 5.82 Å². The van der Waals surface area contributed by atoms with Gasteiger partial charge in [-0.2, -0.15) is 5.10 Å². The maximum absolute atomic E-state index is 14.8. The Hall–Kier alpha value is -3.67. The second-order valence-corrected chi connectivity index (χ2v) is 12.1. The first-order valence-electron chi connectivity index (χ1n) is 13.2. The van der Waals surface area contributed by atoms with Gasteiger partial charge in [-0.1, -0.05) is 0 Å². The third kappa shape index (κ3) is 5.36. The molecule has 4 aromatic rings. The van der Waals surface area contributed by atoms with Gasteiger partial charge < -0.3 is 25.1 Å². The number of benzene rings is 1. The van der Waals surface area contributed by atoms with E-state index in [1.165, 1.54) is 0 Å². The molecule has 40 heavy (non-hydrogen) atoms. The van der Waals surface area contributed by atoms with Gasteiger partial charge in [0, 0.05) is 42.6 Å². The summed E-state index contributed by atoms with van der Waals surface area (Å²) in [5.41, 5.74) is 9.44. The van der Waals surface area contributed by atoms with E-state index >= 15 is 0 Å². The Kier molecular flexibility index (Phi) is 7.24. The number of primary amides is 1. The van der Waals surface area contributed by atoms with E-state index in [1.54, 1.807) is 28.3 Å². The predicted octanol–water partition coefficient (Wildman–Crippen LogP) is 4.84. The average Bonchev–Trinajstić information content (AvgIpc) is 3.41. The normalized spacial score (nSPS) is 14.7. The van der Waals surface area contributed by atoms with Gasteiger partial charge in [-0.3, -0.25) is 14.5 Å². The van der Waals surface area contributed by atoms with E-state index in [0.717, 1.165) is 35.3 Å². The second kappa shape index (κ2) is 10.4. The van der Waals surface area contributed by atoms with Crippen LogP contribution in [0.5, 0.6) is 0 Å². The molecule has 0 bridgehead atoms. The van der Waals surface area contributed by atoms with E-state index in [9.17, 15) is 14.0 Å². The molecule has 4 heterocycles. The van der Waals surface area contributed by atoms with E-state index in [0.29, 0.717) is 46.4 Å². The SMILES string of the molecule is Cc1nc(C)c2c(F)c(Br)cn2c1Cn1cc2c(N3CCC(NC(=O)OC(C)(C)C)CC3)ccc(C(N)=O)c2n1. The molecule has 1 fully saturated rings. The number of carbonyl (C=O) groups is 2. The van der Waals surface area contributed by atoms with Crippen LogP contribution in [0.3, 0.4) is 0 Å². The van der Waals surface area contributed by atoms with Gasteiger partial charge >= 0.3 is 6.09 Å². The number of aryl methyl sites for hydroxylation is 2. The van der Waals surface area contributed by atoms with Crippen LogP contribution in [0.1, 0.15) is 61.1 Å². The lowest BCUT2D eigenvalue weighted by atomic mass is 10.0. The van der Waals surface area contributed by atoms with Gasteiger partial charge in [-0.25, -0.2) is 9.18 Å². The first kappa shape index (κ1) is 27.9. The maximum Gasteiger partial charge on any atom is 0.407 e.